The predicted molar refractivity (Wildman–Crippen MR) is 72.4 cm³/mol. The zero-order chi connectivity index (χ0) is 13.1. The molecule has 0 saturated heterocycles. The summed E-state index contributed by atoms with van der Waals surface area (Å²) in [7, 11) is 0. The van der Waals surface area contributed by atoms with Gasteiger partial charge in [-0.3, -0.25) is 9.48 Å². The van der Waals surface area contributed by atoms with Gasteiger partial charge in [-0.05, 0) is 13.3 Å². The van der Waals surface area contributed by atoms with Crippen molar-refractivity contribution in [1.29, 1.82) is 0 Å². The van der Waals surface area contributed by atoms with Crippen LogP contribution < -0.4 is 0 Å². The maximum absolute atomic E-state index is 12.0. The van der Waals surface area contributed by atoms with E-state index in [0.717, 1.165) is 17.8 Å². The Morgan fingerprint density at radius 1 is 1.50 bits per heavy atom. The van der Waals surface area contributed by atoms with E-state index in [1.807, 2.05) is 13.8 Å². The van der Waals surface area contributed by atoms with Crippen molar-refractivity contribution >= 4 is 28.7 Å². The number of aromatic nitrogens is 3. The van der Waals surface area contributed by atoms with Gasteiger partial charge in [0.25, 0.3) is 0 Å². The molecule has 96 valence electrons. The summed E-state index contributed by atoms with van der Waals surface area (Å²) in [5, 5.41) is 6.76. The molecule has 0 aromatic carbocycles. The lowest BCUT2D eigenvalue weighted by Gasteiger charge is -2.03. The average molecular weight is 284 g/mol. The van der Waals surface area contributed by atoms with Gasteiger partial charge < -0.3 is 0 Å². The molecule has 2 rings (SSSR count). The Kier molecular flexibility index (Phi) is 4.14. The van der Waals surface area contributed by atoms with Gasteiger partial charge in [0, 0.05) is 11.9 Å². The maximum Gasteiger partial charge on any atom is 0.188 e. The fraction of sp³-hybridized carbons (Fsp3) is 0.417. The Morgan fingerprint density at radius 2 is 2.28 bits per heavy atom. The smallest absolute Gasteiger partial charge is 0.188 e. The Bertz CT molecular complexity index is 548. The number of thiazole rings is 1. The van der Waals surface area contributed by atoms with E-state index >= 15 is 0 Å². The van der Waals surface area contributed by atoms with Crippen LogP contribution in [0.5, 0.6) is 0 Å². The fourth-order valence-electron chi connectivity index (χ4n) is 1.78. The largest absolute Gasteiger partial charge is 0.292 e. The molecule has 18 heavy (non-hydrogen) atoms. The highest BCUT2D eigenvalue weighted by Crippen LogP contribution is 2.23. The highest BCUT2D eigenvalue weighted by molar-refractivity contribution is 7.07. The summed E-state index contributed by atoms with van der Waals surface area (Å²) in [4.78, 5) is 16.1. The molecule has 0 saturated carbocycles. The summed E-state index contributed by atoms with van der Waals surface area (Å²) < 4.78 is 1.80. The number of halogens is 1. The second-order valence-electron chi connectivity index (χ2n) is 3.85. The second-order valence-corrected chi connectivity index (χ2v) is 4.95. The number of aryl methyl sites for hydroxylation is 2. The number of hydrogen-bond donors (Lipinski definition) is 0. The molecule has 2 aromatic rings. The molecule has 0 N–H and O–H groups in total. The lowest BCUT2D eigenvalue weighted by molar-refractivity contribution is 0.0986. The van der Waals surface area contributed by atoms with E-state index < -0.39 is 0 Å². The van der Waals surface area contributed by atoms with Crippen molar-refractivity contribution in [1.82, 2.24) is 14.8 Å². The quantitative estimate of drug-likeness (QED) is 0.793. The number of carbonyl (C=O) groups is 1. The van der Waals surface area contributed by atoms with Crippen molar-refractivity contribution in [3.8, 4) is 0 Å². The minimum Gasteiger partial charge on any atom is -0.292 e. The molecule has 0 unspecified atom stereocenters. The number of rotatable bonds is 5. The highest BCUT2D eigenvalue weighted by Gasteiger charge is 2.18. The van der Waals surface area contributed by atoms with E-state index in [4.69, 9.17) is 11.6 Å². The number of ketones is 1. The van der Waals surface area contributed by atoms with Gasteiger partial charge >= 0.3 is 0 Å². The molecule has 0 atom stereocenters. The van der Waals surface area contributed by atoms with Crippen LogP contribution in [0.4, 0.5) is 0 Å². The van der Waals surface area contributed by atoms with Gasteiger partial charge in [-0.15, -0.1) is 11.3 Å². The summed E-state index contributed by atoms with van der Waals surface area (Å²) in [6.45, 7) is 4.69. The van der Waals surface area contributed by atoms with Crippen molar-refractivity contribution < 1.29 is 4.79 Å². The second kappa shape index (κ2) is 5.63. The minimum atomic E-state index is -0.0181. The third kappa shape index (κ3) is 2.47. The molecule has 0 aliphatic rings. The highest BCUT2D eigenvalue weighted by atomic mass is 35.5. The van der Waals surface area contributed by atoms with Gasteiger partial charge in [0.15, 0.2) is 5.78 Å². The van der Waals surface area contributed by atoms with Crippen LogP contribution in [0.25, 0.3) is 0 Å². The van der Waals surface area contributed by atoms with Crippen LogP contribution in [-0.4, -0.2) is 20.5 Å². The Balaban J connectivity index is 2.28. The van der Waals surface area contributed by atoms with E-state index in [1.54, 1.807) is 15.6 Å². The van der Waals surface area contributed by atoms with Crippen molar-refractivity contribution in [2.24, 2.45) is 0 Å². The summed E-state index contributed by atoms with van der Waals surface area (Å²) >= 11 is 7.68. The van der Waals surface area contributed by atoms with Gasteiger partial charge in [0.1, 0.15) is 5.69 Å². The number of Topliss-reactive ketones (excluding diaryl/α,β-unsaturated/α-hetero) is 1. The first-order valence-electron chi connectivity index (χ1n) is 5.82. The molecule has 0 aliphatic carbocycles. The molecule has 0 fully saturated rings. The standard InChI is InChI=1S/C12H14ClN3OS/c1-3-8-12(13)10(16(4-2)15-8)5-11(17)9-6-18-7-14-9/h6-7H,3-5H2,1-2H3. The Hall–Kier alpha value is -1.20. The lowest BCUT2D eigenvalue weighted by atomic mass is 10.1. The van der Waals surface area contributed by atoms with E-state index in [1.165, 1.54) is 11.3 Å². The molecule has 2 aromatic heterocycles. The predicted octanol–water partition coefficient (Wildman–Crippen LogP) is 3.00. The van der Waals surface area contributed by atoms with E-state index in [0.29, 0.717) is 17.3 Å². The average Bonchev–Trinajstić information content (AvgIpc) is 2.99. The normalized spacial score (nSPS) is 10.8. The maximum atomic E-state index is 12.0. The fourth-order valence-corrected chi connectivity index (χ4v) is 2.67. The molecule has 0 amide bonds. The van der Waals surface area contributed by atoms with Gasteiger partial charge in [-0.1, -0.05) is 18.5 Å². The first kappa shape index (κ1) is 13.2. The van der Waals surface area contributed by atoms with Crippen molar-refractivity contribution in [3.63, 3.8) is 0 Å². The summed E-state index contributed by atoms with van der Waals surface area (Å²) in [5.74, 6) is -0.0181. The van der Waals surface area contributed by atoms with Crippen LogP contribution in [0.1, 0.15) is 35.7 Å². The molecule has 0 radical (unpaired) electrons. The van der Waals surface area contributed by atoms with Crippen LogP contribution in [0, 0.1) is 0 Å². The van der Waals surface area contributed by atoms with E-state index in [9.17, 15) is 4.79 Å². The van der Waals surface area contributed by atoms with E-state index in [-0.39, 0.29) is 12.2 Å². The number of hydrogen-bond acceptors (Lipinski definition) is 4. The zero-order valence-corrected chi connectivity index (χ0v) is 11.9. The summed E-state index contributed by atoms with van der Waals surface area (Å²) in [5.41, 5.74) is 3.79. The minimum absolute atomic E-state index is 0.0181. The van der Waals surface area contributed by atoms with Crippen LogP contribution in [0.15, 0.2) is 10.9 Å². The van der Waals surface area contributed by atoms with Crippen molar-refractivity contribution in [3.05, 3.63) is 33.0 Å². The van der Waals surface area contributed by atoms with Gasteiger partial charge in [0.05, 0.1) is 28.3 Å². The van der Waals surface area contributed by atoms with Crippen molar-refractivity contribution in [2.75, 3.05) is 0 Å². The van der Waals surface area contributed by atoms with Crippen LogP contribution in [0.3, 0.4) is 0 Å². The molecule has 4 nitrogen and oxygen atoms in total. The molecule has 0 spiro atoms. The third-order valence-corrected chi connectivity index (χ3v) is 3.76. The first-order chi connectivity index (χ1) is 8.67. The van der Waals surface area contributed by atoms with Gasteiger partial charge in [-0.25, -0.2) is 4.98 Å². The molecular formula is C12H14ClN3OS. The molecule has 0 bridgehead atoms. The van der Waals surface area contributed by atoms with Crippen LogP contribution in [0.2, 0.25) is 5.02 Å². The number of carbonyl (C=O) groups excluding carboxylic acids is 1. The van der Waals surface area contributed by atoms with Crippen LogP contribution >= 0.6 is 22.9 Å². The van der Waals surface area contributed by atoms with Gasteiger partial charge in [-0.2, -0.15) is 5.10 Å². The first-order valence-corrected chi connectivity index (χ1v) is 7.14. The molecular weight excluding hydrogens is 270 g/mol. The molecule has 0 aliphatic heterocycles. The van der Waals surface area contributed by atoms with E-state index in [2.05, 4.69) is 10.1 Å². The summed E-state index contributed by atoms with van der Waals surface area (Å²) in [6, 6.07) is 0. The summed E-state index contributed by atoms with van der Waals surface area (Å²) in [6.07, 6.45) is 1.02. The van der Waals surface area contributed by atoms with Gasteiger partial charge in [0.2, 0.25) is 0 Å². The number of nitrogens with zero attached hydrogens (tertiary/aromatic N) is 3. The SMILES string of the molecule is CCc1nn(CC)c(CC(=O)c2cscn2)c1Cl. The topological polar surface area (TPSA) is 47.8 Å². The monoisotopic (exact) mass is 283 g/mol. The Labute approximate surface area is 115 Å². The molecule has 2 heterocycles. The van der Waals surface area contributed by atoms with Crippen molar-refractivity contribution in [2.45, 2.75) is 33.2 Å². The Morgan fingerprint density at radius 3 is 2.83 bits per heavy atom. The molecule has 6 heteroatoms. The lowest BCUT2D eigenvalue weighted by Crippen LogP contribution is -2.10. The zero-order valence-electron chi connectivity index (χ0n) is 10.3. The third-order valence-electron chi connectivity index (χ3n) is 2.74. The van der Waals surface area contributed by atoms with Crippen LogP contribution in [-0.2, 0) is 19.4 Å².